The van der Waals surface area contributed by atoms with Crippen LogP contribution >= 0.6 is 17.0 Å². The lowest BCUT2D eigenvalue weighted by Gasteiger charge is -2.04. The van der Waals surface area contributed by atoms with Gasteiger partial charge in [0.1, 0.15) is 0 Å². The number of carbonyl (C=O) groups is 1. The predicted octanol–water partition coefficient (Wildman–Crippen LogP) is 4.56. The lowest BCUT2D eigenvalue weighted by molar-refractivity contribution is -0.686. The molecule has 0 amide bonds. The highest BCUT2D eigenvalue weighted by Gasteiger charge is 2.14. The molecule has 1 heterocycles. The lowest BCUT2D eigenvalue weighted by atomic mass is 10.0. The van der Waals surface area contributed by atoms with Gasteiger partial charge in [0.05, 0.1) is 11.1 Å². The number of hydrogen-bond acceptors (Lipinski definition) is 4. The molecule has 0 N–H and O–H groups in total. The highest BCUT2D eigenvalue weighted by atomic mass is 79.9. The fraction of sp³-hybridized carbons (Fsp3) is 0.0455. The normalized spacial score (nSPS) is 10.3. The number of benzene rings is 3. The van der Waals surface area contributed by atoms with E-state index < -0.39 is 4.92 Å². The molecule has 6 nitrogen and oxygen atoms in total. The third-order valence-corrected chi connectivity index (χ3v) is 4.56. The van der Waals surface area contributed by atoms with Crippen LogP contribution in [0.2, 0.25) is 0 Å². The minimum atomic E-state index is -0.487. The van der Waals surface area contributed by atoms with Crippen molar-refractivity contribution in [1.29, 1.82) is 0 Å². The third-order valence-electron chi connectivity index (χ3n) is 4.56. The number of nitrogens with zero attached hydrogens (tertiary/aromatic N) is 3. The summed E-state index contributed by atoms with van der Waals surface area (Å²) in [5.41, 5.74) is 2.25. The second-order valence-corrected chi connectivity index (χ2v) is 6.37. The Kier molecular flexibility index (Phi) is 6.09. The number of non-ortho nitro benzene ring substituents is 1. The van der Waals surface area contributed by atoms with Crippen LogP contribution in [0.15, 0.2) is 85.3 Å². The van der Waals surface area contributed by atoms with Crippen LogP contribution in [-0.2, 0) is 6.54 Å². The van der Waals surface area contributed by atoms with Gasteiger partial charge in [0.15, 0.2) is 12.2 Å². The summed E-state index contributed by atoms with van der Waals surface area (Å²) in [5.74, 6) is -0.139. The SMILES string of the molecule is Br.O=C(C[n+]1ccc(-c2cccc3ccccc23)nc1)c1ccc([N+](=O)[O-])cc1. The Bertz CT molecular complexity index is 1170. The number of fused-ring (bicyclic) bond motifs is 1. The summed E-state index contributed by atoms with van der Waals surface area (Å²) in [4.78, 5) is 27.1. The van der Waals surface area contributed by atoms with E-state index >= 15 is 0 Å². The van der Waals surface area contributed by atoms with Crippen LogP contribution in [0.1, 0.15) is 10.4 Å². The van der Waals surface area contributed by atoms with Crippen molar-refractivity contribution >= 4 is 39.2 Å². The molecule has 0 saturated heterocycles. The van der Waals surface area contributed by atoms with Gasteiger partial charge in [-0.3, -0.25) is 14.9 Å². The molecule has 144 valence electrons. The maximum atomic E-state index is 12.4. The molecule has 1 aromatic heterocycles. The van der Waals surface area contributed by atoms with Crippen molar-refractivity contribution in [2.45, 2.75) is 6.54 Å². The number of Topliss-reactive ketones (excluding diaryl/α,β-unsaturated/α-hetero) is 1. The van der Waals surface area contributed by atoms with Gasteiger partial charge >= 0.3 is 0 Å². The highest BCUT2D eigenvalue weighted by Crippen LogP contribution is 2.26. The first-order valence-corrected chi connectivity index (χ1v) is 8.73. The number of ketones is 1. The zero-order chi connectivity index (χ0) is 19.5. The maximum absolute atomic E-state index is 12.4. The van der Waals surface area contributed by atoms with Gasteiger partial charge in [0.25, 0.3) is 12.0 Å². The van der Waals surface area contributed by atoms with Gasteiger partial charge in [-0.05, 0) is 34.0 Å². The van der Waals surface area contributed by atoms with E-state index in [1.54, 1.807) is 10.9 Å². The summed E-state index contributed by atoms with van der Waals surface area (Å²) in [6.07, 6.45) is 3.44. The first-order valence-electron chi connectivity index (χ1n) is 8.73. The number of halogens is 1. The largest absolute Gasteiger partial charge is 0.290 e. The standard InChI is InChI=1S/C22H16N3O3.BrH/c26-22(17-8-10-18(11-9-17)25(27)28)14-24-13-12-21(23-15-24)20-7-3-5-16-4-1-2-6-19(16)20;/h1-13,15H,14H2;1H/q+1;. The van der Waals surface area contributed by atoms with Gasteiger partial charge in [-0.2, -0.15) is 0 Å². The topological polar surface area (TPSA) is 77.0 Å². The monoisotopic (exact) mass is 450 g/mol. The first-order chi connectivity index (χ1) is 13.6. The van der Waals surface area contributed by atoms with Crippen LogP contribution in [0.25, 0.3) is 22.0 Å². The summed E-state index contributed by atoms with van der Waals surface area (Å²) in [6, 6.07) is 21.7. The fourth-order valence-electron chi connectivity index (χ4n) is 3.11. The molecule has 0 atom stereocenters. The Morgan fingerprint density at radius 2 is 1.69 bits per heavy atom. The summed E-state index contributed by atoms with van der Waals surface area (Å²) in [5, 5.41) is 13.0. The van der Waals surface area contributed by atoms with E-state index in [0.29, 0.717) is 5.56 Å². The predicted molar refractivity (Wildman–Crippen MR) is 115 cm³/mol. The van der Waals surface area contributed by atoms with Gasteiger partial charge in [0.2, 0.25) is 5.78 Å². The quantitative estimate of drug-likeness (QED) is 0.193. The Labute approximate surface area is 177 Å². The van der Waals surface area contributed by atoms with Crippen molar-refractivity contribution < 1.29 is 14.3 Å². The summed E-state index contributed by atoms with van der Waals surface area (Å²) in [6.45, 7) is 0.112. The number of nitro benzene ring substituents is 1. The van der Waals surface area contributed by atoms with E-state index in [1.807, 2.05) is 36.5 Å². The molecule has 0 fully saturated rings. The van der Waals surface area contributed by atoms with Gasteiger partial charge in [-0.25, -0.2) is 4.57 Å². The van der Waals surface area contributed by atoms with Crippen LogP contribution in [0.4, 0.5) is 5.69 Å². The van der Waals surface area contributed by atoms with Crippen LogP contribution in [0.5, 0.6) is 0 Å². The van der Waals surface area contributed by atoms with Crippen molar-refractivity contribution in [1.82, 2.24) is 4.98 Å². The summed E-state index contributed by atoms with van der Waals surface area (Å²) >= 11 is 0. The molecule has 4 rings (SSSR count). The Hall–Kier alpha value is -3.45. The highest BCUT2D eigenvalue weighted by molar-refractivity contribution is 8.93. The van der Waals surface area contributed by atoms with Gasteiger partial charge < -0.3 is 0 Å². The molecule has 0 saturated carbocycles. The molecular weight excluding hydrogens is 434 g/mol. The van der Waals surface area contributed by atoms with Crippen LogP contribution in [0, 0.1) is 10.1 Å². The Morgan fingerprint density at radius 3 is 2.38 bits per heavy atom. The molecule has 0 unspecified atom stereocenters. The molecule has 29 heavy (non-hydrogen) atoms. The van der Waals surface area contributed by atoms with E-state index in [4.69, 9.17) is 0 Å². The fourth-order valence-corrected chi connectivity index (χ4v) is 3.11. The van der Waals surface area contributed by atoms with E-state index in [0.717, 1.165) is 22.0 Å². The number of hydrogen-bond donors (Lipinski definition) is 0. The maximum Gasteiger partial charge on any atom is 0.287 e. The average molecular weight is 451 g/mol. The molecule has 0 aliphatic rings. The second kappa shape index (κ2) is 8.70. The van der Waals surface area contributed by atoms with Crippen molar-refractivity contribution in [2.75, 3.05) is 0 Å². The van der Waals surface area contributed by atoms with E-state index in [1.165, 1.54) is 24.3 Å². The van der Waals surface area contributed by atoms with Crippen molar-refractivity contribution in [3.8, 4) is 11.3 Å². The molecule has 0 aliphatic carbocycles. The zero-order valence-corrected chi connectivity index (χ0v) is 17.0. The lowest BCUT2D eigenvalue weighted by Crippen LogP contribution is -2.37. The number of aromatic nitrogens is 2. The molecule has 0 radical (unpaired) electrons. The Morgan fingerprint density at radius 1 is 0.966 bits per heavy atom. The average Bonchev–Trinajstić information content (AvgIpc) is 2.74. The first kappa shape index (κ1) is 20.3. The summed E-state index contributed by atoms with van der Waals surface area (Å²) in [7, 11) is 0. The zero-order valence-electron chi connectivity index (χ0n) is 15.3. The molecule has 0 aliphatic heterocycles. The van der Waals surface area contributed by atoms with Crippen molar-refractivity contribution in [3.05, 3.63) is 101 Å². The molecular formula is C22H17BrN3O3+. The number of nitro groups is 1. The van der Waals surface area contributed by atoms with Gasteiger partial charge in [-0.15, -0.1) is 17.0 Å². The van der Waals surface area contributed by atoms with Crippen LogP contribution in [-0.4, -0.2) is 15.7 Å². The van der Waals surface area contributed by atoms with E-state index in [2.05, 4.69) is 23.2 Å². The van der Waals surface area contributed by atoms with E-state index in [-0.39, 0.29) is 35.0 Å². The smallest absolute Gasteiger partial charge is 0.287 e. The number of carbonyl (C=O) groups excluding carboxylic acids is 1. The minimum Gasteiger partial charge on any atom is -0.290 e. The van der Waals surface area contributed by atoms with Gasteiger partial charge in [0, 0.05) is 29.3 Å². The molecule has 3 aromatic carbocycles. The van der Waals surface area contributed by atoms with Gasteiger partial charge in [-0.1, -0.05) is 36.4 Å². The molecule has 4 aromatic rings. The van der Waals surface area contributed by atoms with Crippen molar-refractivity contribution in [3.63, 3.8) is 0 Å². The van der Waals surface area contributed by atoms with Crippen LogP contribution < -0.4 is 4.57 Å². The second-order valence-electron chi connectivity index (χ2n) is 6.37. The third kappa shape index (κ3) is 4.35. The minimum absolute atomic E-state index is 0. The molecule has 0 spiro atoms. The molecule has 0 bridgehead atoms. The van der Waals surface area contributed by atoms with Crippen molar-refractivity contribution in [2.24, 2.45) is 0 Å². The molecule has 7 heteroatoms. The Balaban J connectivity index is 0.00000240. The summed E-state index contributed by atoms with van der Waals surface area (Å²) < 4.78 is 1.69. The van der Waals surface area contributed by atoms with Crippen LogP contribution in [0.3, 0.4) is 0 Å². The van der Waals surface area contributed by atoms with E-state index in [9.17, 15) is 14.9 Å². The number of rotatable bonds is 5.